The van der Waals surface area contributed by atoms with Crippen LogP contribution >= 0.6 is 11.8 Å². The third-order valence-electron chi connectivity index (χ3n) is 5.69. The van der Waals surface area contributed by atoms with Gasteiger partial charge in [0.05, 0.1) is 18.1 Å². The molecule has 0 aliphatic carbocycles. The Morgan fingerprint density at radius 1 is 1.17 bits per heavy atom. The van der Waals surface area contributed by atoms with Gasteiger partial charge in [-0.15, -0.1) is 0 Å². The first-order chi connectivity index (χ1) is 16.9. The molecule has 1 unspecified atom stereocenters. The highest BCUT2D eigenvalue weighted by Gasteiger charge is 2.41. The van der Waals surface area contributed by atoms with Gasteiger partial charge in [0.15, 0.2) is 0 Å². The van der Waals surface area contributed by atoms with Gasteiger partial charge in [0.25, 0.3) is 5.91 Å². The highest BCUT2D eigenvalue weighted by atomic mass is 32.2. The second-order valence-electron chi connectivity index (χ2n) is 8.38. The smallest absolute Gasteiger partial charge is 0.265 e. The maximum Gasteiger partial charge on any atom is 0.265 e. The van der Waals surface area contributed by atoms with Gasteiger partial charge >= 0.3 is 0 Å². The van der Waals surface area contributed by atoms with E-state index in [1.807, 2.05) is 18.2 Å². The molecule has 0 spiro atoms. The number of halogens is 1. The minimum Gasteiger partial charge on any atom is -0.467 e. The van der Waals surface area contributed by atoms with Crippen LogP contribution in [0.15, 0.2) is 81.9 Å². The first kappa shape index (κ1) is 24.3. The molecule has 2 amide bonds. The van der Waals surface area contributed by atoms with Crippen molar-refractivity contribution < 1.29 is 18.4 Å². The summed E-state index contributed by atoms with van der Waals surface area (Å²) in [5, 5.41) is 12.1. The van der Waals surface area contributed by atoms with Gasteiger partial charge in [-0.05, 0) is 53.8 Å². The highest BCUT2D eigenvalue weighted by molar-refractivity contribution is 8.05. The van der Waals surface area contributed by atoms with Gasteiger partial charge in [-0.2, -0.15) is 5.26 Å². The minimum absolute atomic E-state index is 0.102. The Hall–Kier alpha value is -3.83. The normalized spacial score (nSPS) is 16.9. The molecule has 1 aliphatic rings. The van der Waals surface area contributed by atoms with Crippen molar-refractivity contribution in [2.24, 2.45) is 0 Å². The van der Waals surface area contributed by atoms with Gasteiger partial charge in [0, 0.05) is 5.69 Å². The first-order valence-corrected chi connectivity index (χ1v) is 12.1. The van der Waals surface area contributed by atoms with Crippen molar-refractivity contribution in [3.05, 3.63) is 100 Å². The Bertz CT molecular complexity index is 1290. The number of benzene rings is 2. The fourth-order valence-corrected chi connectivity index (χ4v) is 5.06. The third-order valence-corrected chi connectivity index (χ3v) is 6.95. The van der Waals surface area contributed by atoms with Crippen LogP contribution in [0, 0.1) is 17.1 Å². The maximum absolute atomic E-state index is 14.3. The number of amides is 2. The molecular weight excluding hydrogens is 465 g/mol. The molecule has 1 N–H and O–H groups in total. The number of nitriles is 1. The third kappa shape index (κ3) is 5.31. The topological polar surface area (TPSA) is 86.3 Å². The predicted molar refractivity (Wildman–Crippen MR) is 133 cm³/mol. The van der Waals surface area contributed by atoms with E-state index in [-0.39, 0.29) is 29.5 Å². The Kier molecular flexibility index (Phi) is 7.37. The van der Waals surface area contributed by atoms with Gasteiger partial charge in [-0.1, -0.05) is 55.9 Å². The number of carbonyl (C=O) groups excluding carboxylic acids is 2. The Labute approximate surface area is 207 Å². The van der Waals surface area contributed by atoms with Crippen molar-refractivity contribution in [3.8, 4) is 6.07 Å². The summed E-state index contributed by atoms with van der Waals surface area (Å²) in [5.74, 6) is -0.484. The van der Waals surface area contributed by atoms with E-state index < -0.39 is 17.0 Å². The maximum atomic E-state index is 14.3. The number of furan rings is 1. The number of rotatable bonds is 7. The number of carbonyl (C=O) groups is 2. The molecule has 1 atom stereocenters. The van der Waals surface area contributed by atoms with E-state index in [4.69, 9.17) is 4.42 Å². The summed E-state index contributed by atoms with van der Waals surface area (Å²) >= 11 is 1.10. The van der Waals surface area contributed by atoms with Gasteiger partial charge in [-0.3, -0.25) is 14.5 Å². The Morgan fingerprint density at radius 3 is 2.54 bits per heavy atom. The van der Waals surface area contributed by atoms with Crippen molar-refractivity contribution in [1.29, 1.82) is 5.26 Å². The molecule has 178 valence electrons. The van der Waals surface area contributed by atoms with Crippen LogP contribution < -0.4 is 10.2 Å². The Balaban J connectivity index is 1.70. The molecule has 1 aromatic heterocycles. The van der Waals surface area contributed by atoms with E-state index >= 15 is 0 Å². The quantitative estimate of drug-likeness (QED) is 0.360. The summed E-state index contributed by atoms with van der Waals surface area (Å²) in [7, 11) is 0. The van der Waals surface area contributed by atoms with E-state index in [0.717, 1.165) is 17.3 Å². The van der Waals surface area contributed by atoms with Crippen molar-refractivity contribution in [3.63, 3.8) is 0 Å². The van der Waals surface area contributed by atoms with Gasteiger partial charge in [0.2, 0.25) is 5.91 Å². The SMILES string of the molecule is CC(C)c1ccc(N2C(=O)C(Cc3ccccc3F)S/C2=C(/C#N)C(=O)NCc2ccco2)cc1. The average Bonchev–Trinajstić information content (AvgIpc) is 3.48. The molecule has 0 saturated carbocycles. The highest BCUT2D eigenvalue weighted by Crippen LogP contribution is 2.42. The average molecular weight is 490 g/mol. The van der Waals surface area contributed by atoms with Crippen molar-refractivity contribution in [2.75, 3.05) is 4.90 Å². The molecule has 2 heterocycles. The number of nitrogens with one attached hydrogen (secondary N) is 1. The first-order valence-electron chi connectivity index (χ1n) is 11.2. The molecule has 8 heteroatoms. The van der Waals surface area contributed by atoms with E-state index in [9.17, 15) is 19.2 Å². The van der Waals surface area contributed by atoms with Gasteiger partial charge in [0.1, 0.15) is 28.2 Å². The summed E-state index contributed by atoms with van der Waals surface area (Å²) in [5.41, 5.74) is 1.86. The molecular formula is C27H24FN3O3S. The molecule has 3 aromatic rings. The molecule has 4 rings (SSSR count). The lowest BCUT2D eigenvalue weighted by Crippen LogP contribution is -2.32. The number of nitrogens with zero attached hydrogens (tertiary/aromatic N) is 2. The van der Waals surface area contributed by atoms with Crippen LogP contribution in [-0.2, 0) is 22.6 Å². The lowest BCUT2D eigenvalue weighted by molar-refractivity contribution is -0.117. The molecule has 1 saturated heterocycles. The van der Waals surface area contributed by atoms with E-state index in [1.54, 1.807) is 42.5 Å². The van der Waals surface area contributed by atoms with Gasteiger partial charge in [-0.25, -0.2) is 4.39 Å². The summed E-state index contributed by atoms with van der Waals surface area (Å²) in [4.78, 5) is 27.9. The predicted octanol–water partition coefficient (Wildman–Crippen LogP) is 5.28. The van der Waals surface area contributed by atoms with Gasteiger partial charge < -0.3 is 9.73 Å². The van der Waals surface area contributed by atoms with Crippen LogP contribution in [0.4, 0.5) is 10.1 Å². The van der Waals surface area contributed by atoms with E-state index in [1.165, 1.54) is 17.2 Å². The summed E-state index contributed by atoms with van der Waals surface area (Å²) in [6.45, 7) is 4.24. The van der Waals surface area contributed by atoms with Crippen LogP contribution in [0.3, 0.4) is 0 Å². The van der Waals surface area contributed by atoms with Crippen LogP contribution in [-0.4, -0.2) is 17.1 Å². The monoisotopic (exact) mass is 489 g/mol. The molecule has 2 aromatic carbocycles. The number of hydrogen-bond donors (Lipinski definition) is 1. The zero-order valence-electron chi connectivity index (χ0n) is 19.3. The summed E-state index contributed by atoms with van der Waals surface area (Å²) < 4.78 is 19.6. The van der Waals surface area contributed by atoms with Crippen molar-refractivity contribution in [2.45, 2.75) is 38.0 Å². The molecule has 0 bridgehead atoms. The van der Waals surface area contributed by atoms with Crippen molar-refractivity contribution in [1.82, 2.24) is 5.32 Å². The molecule has 0 radical (unpaired) electrons. The summed E-state index contributed by atoms with van der Waals surface area (Å²) in [6.07, 6.45) is 1.62. The van der Waals surface area contributed by atoms with E-state index in [0.29, 0.717) is 22.9 Å². The molecule has 35 heavy (non-hydrogen) atoms. The van der Waals surface area contributed by atoms with Crippen LogP contribution in [0.2, 0.25) is 0 Å². The standard InChI is InChI=1S/C27H24FN3O3S/c1-17(2)18-9-11-20(12-10-18)31-26(33)24(14-19-6-3-4-8-23(19)28)35-27(31)22(15-29)25(32)30-16-21-7-5-13-34-21/h3-13,17,24H,14,16H2,1-2H3,(H,30,32)/b27-22-. The van der Waals surface area contributed by atoms with Crippen molar-refractivity contribution >= 4 is 29.3 Å². The summed E-state index contributed by atoms with van der Waals surface area (Å²) in [6, 6.07) is 19.1. The number of thioether (sulfide) groups is 1. The fourth-order valence-electron chi connectivity index (χ4n) is 3.76. The zero-order valence-corrected chi connectivity index (χ0v) is 20.1. The van der Waals surface area contributed by atoms with Crippen LogP contribution in [0.1, 0.15) is 36.7 Å². The largest absolute Gasteiger partial charge is 0.467 e. The second-order valence-corrected chi connectivity index (χ2v) is 9.57. The van der Waals surface area contributed by atoms with Crippen LogP contribution in [0.25, 0.3) is 0 Å². The molecule has 1 fully saturated rings. The molecule has 6 nitrogen and oxygen atoms in total. The number of anilines is 1. The zero-order chi connectivity index (χ0) is 24.9. The molecule has 1 aliphatic heterocycles. The second kappa shape index (κ2) is 10.6. The fraction of sp³-hybridized carbons (Fsp3) is 0.222. The Morgan fingerprint density at radius 2 is 1.91 bits per heavy atom. The number of hydrogen-bond acceptors (Lipinski definition) is 5. The minimum atomic E-state index is -0.687. The van der Waals surface area contributed by atoms with E-state index in [2.05, 4.69) is 19.2 Å². The lowest BCUT2D eigenvalue weighted by Gasteiger charge is -2.19. The van der Waals surface area contributed by atoms with Crippen LogP contribution in [0.5, 0.6) is 0 Å². The lowest BCUT2D eigenvalue weighted by atomic mass is 10.0.